The first kappa shape index (κ1) is 18.1. The van der Waals surface area contributed by atoms with Gasteiger partial charge in [-0.15, -0.1) is 0 Å². The number of nitrogens with one attached hydrogen (secondary N) is 1. The van der Waals surface area contributed by atoms with Crippen LogP contribution in [0.4, 0.5) is 4.39 Å². The zero-order valence-electron chi connectivity index (χ0n) is 12.8. The van der Waals surface area contributed by atoms with Crippen LogP contribution in [0.2, 0.25) is 0 Å². The van der Waals surface area contributed by atoms with Crippen LogP contribution in [-0.4, -0.2) is 17.0 Å². The minimum Gasteiger partial charge on any atom is -0.478 e. The SMILES string of the molecule is C=C/C=C(/C=C/NC(=O)C1=CCC(C(=O)O)=CC=C1)C(\F)=C/C. The molecule has 0 saturated heterocycles. The topological polar surface area (TPSA) is 66.4 Å². The molecule has 0 spiro atoms. The van der Waals surface area contributed by atoms with Crippen molar-refractivity contribution in [1.82, 2.24) is 5.32 Å². The van der Waals surface area contributed by atoms with E-state index < -0.39 is 17.7 Å². The number of allylic oxidation sites excluding steroid dienone is 9. The van der Waals surface area contributed by atoms with E-state index in [9.17, 15) is 14.0 Å². The molecule has 120 valence electrons. The van der Waals surface area contributed by atoms with E-state index in [2.05, 4.69) is 11.9 Å². The third-order valence-corrected chi connectivity index (χ3v) is 2.96. The molecule has 0 aromatic rings. The van der Waals surface area contributed by atoms with Crippen molar-refractivity contribution in [2.24, 2.45) is 0 Å². The second kappa shape index (κ2) is 9.15. The molecule has 0 radical (unpaired) electrons. The predicted octanol–water partition coefficient (Wildman–Crippen LogP) is 3.50. The molecule has 4 nitrogen and oxygen atoms in total. The number of rotatable bonds is 6. The van der Waals surface area contributed by atoms with Gasteiger partial charge in [-0.1, -0.05) is 43.0 Å². The van der Waals surface area contributed by atoms with E-state index in [-0.39, 0.29) is 17.6 Å². The summed E-state index contributed by atoms with van der Waals surface area (Å²) in [5.74, 6) is -1.86. The Morgan fingerprint density at radius 2 is 2.17 bits per heavy atom. The third kappa shape index (κ3) is 5.74. The van der Waals surface area contributed by atoms with Gasteiger partial charge in [-0.05, 0) is 25.5 Å². The van der Waals surface area contributed by atoms with Crippen LogP contribution in [0.1, 0.15) is 13.3 Å². The largest absolute Gasteiger partial charge is 0.478 e. The number of carboxylic acid groups (broad SMARTS) is 1. The highest BCUT2D eigenvalue weighted by atomic mass is 19.1. The molecule has 23 heavy (non-hydrogen) atoms. The van der Waals surface area contributed by atoms with E-state index in [0.29, 0.717) is 5.57 Å². The van der Waals surface area contributed by atoms with E-state index in [1.54, 1.807) is 6.92 Å². The summed E-state index contributed by atoms with van der Waals surface area (Å²) in [6.45, 7) is 5.06. The van der Waals surface area contributed by atoms with E-state index in [1.165, 1.54) is 54.8 Å². The number of hydrogen-bond donors (Lipinski definition) is 2. The Morgan fingerprint density at radius 1 is 1.43 bits per heavy atom. The second-order valence-electron chi connectivity index (χ2n) is 4.52. The number of carbonyl (C=O) groups excluding carboxylic acids is 1. The Hall–Kier alpha value is -2.95. The summed E-state index contributed by atoms with van der Waals surface area (Å²) in [6, 6.07) is 0. The van der Waals surface area contributed by atoms with Crippen molar-refractivity contribution in [3.8, 4) is 0 Å². The highest BCUT2D eigenvalue weighted by molar-refractivity contribution is 5.97. The monoisotopic (exact) mass is 315 g/mol. The first-order valence-corrected chi connectivity index (χ1v) is 6.92. The third-order valence-electron chi connectivity index (χ3n) is 2.96. The average molecular weight is 315 g/mol. The molecule has 0 bridgehead atoms. The molecular formula is C18H18FNO3. The summed E-state index contributed by atoms with van der Waals surface area (Å²) in [7, 11) is 0. The zero-order chi connectivity index (χ0) is 17.2. The van der Waals surface area contributed by atoms with Gasteiger partial charge in [0.05, 0.1) is 0 Å². The number of carbonyl (C=O) groups is 2. The highest BCUT2D eigenvalue weighted by Crippen LogP contribution is 2.14. The maximum absolute atomic E-state index is 13.5. The molecule has 0 atom stereocenters. The maximum atomic E-state index is 13.5. The van der Waals surface area contributed by atoms with Crippen molar-refractivity contribution in [3.05, 3.63) is 83.9 Å². The van der Waals surface area contributed by atoms with Gasteiger partial charge in [0.15, 0.2) is 0 Å². The molecule has 5 heteroatoms. The lowest BCUT2D eigenvalue weighted by Gasteiger charge is -2.02. The van der Waals surface area contributed by atoms with Crippen LogP contribution in [0.25, 0.3) is 0 Å². The minimum absolute atomic E-state index is 0.156. The van der Waals surface area contributed by atoms with Crippen molar-refractivity contribution < 1.29 is 19.1 Å². The van der Waals surface area contributed by atoms with Gasteiger partial charge in [-0.3, -0.25) is 4.79 Å². The highest BCUT2D eigenvalue weighted by Gasteiger charge is 2.10. The minimum atomic E-state index is -1.02. The fraction of sp³-hybridized carbons (Fsp3) is 0.111. The smallest absolute Gasteiger partial charge is 0.331 e. The van der Waals surface area contributed by atoms with Gasteiger partial charge < -0.3 is 10.4 Å². The van der Waals surface area contributed by atoms with Crippen LogP contribution >= 0.6 is 0 Å². The summed E-state index contributed by atoms with van der Waals surface area (Å²) in [6.07, 6.45) is 13.1. The molecule has 0 aromatic carbocycles. The maximum Gasteiger partial charge on any atom is 0.331 e. The number of halogens is 1. The van der Waals surface area contributed by atoms with E-state index in [4.69, 9.17) is 5.11 Å². The molecule has 2 N–H and O–H groups in total. The molecule has 1 aliphatic rings. The average Bonchev–Trinajstić information content (AvgIpc) is 2.79. The van der Waals surface area contributed by atoms with Gasteiger partial charge >= 0.3 is 5.97 Å². The molecule has 0 aliphatic heterocycles. The second-order valence-corrected chi connectivity index (χ2v) is 4.52. The predicted molar refractivity (Wildman–Crippen MR) is 88.0 cm³/mol. The van der Waals surface area contributed by atoms with E-state index in [1.807, 2.05) is 0 Å². The summed E-state index contributed by atoms with van der Waals surface area (Å²) in [4.78, 5) is 22.9. The summed E-state index contributed by atoms with van der Waals surface area (Å²) >= 11 is 0. The van der Waals surface area contributed by atoms with Crippen LogP contribution in [0.3, 0.4) is 0 Å². The molecule has 0 fully saturated rings. The normalized spacial score (nSPS) is 15.7. The zero-order valence-corrected chi connectivity index (χ0v) is 12.8. The van der Waals surface area contributed by atoms with Crippen LogP contribution in [0.15, 0.2) is 83.9 Å². The van der Waals surface area contributed by atoms with Crippen LogP contribution in [0.5, 0.6) is 0 Å². The van der Waals surface area contributed by atoms with Crippen molar-refractivity contribution in [2.45, 2.75) is 13.3 Å². The molecule has 1 aliphatic carbocycles. The molecule has 0 heterocycles. The van der Waals surface area contributed by atoms with Crippen molar-refractivity contribution in [3.63, 3.8) is 0 Å². The Kier molecular flexibility index (Phi) is 7.20. The first-order valence-electron chi connectivity index (χ1n) is 6.92. The molecule has 0 saturated carbocycles. The standard InChI is InChI=1S/C18H18FNO3/c1-3-6-13(16(19)4-2)11-12-20-17(21)14-7-5-8-15(10-9-14)18(22)23/h3-9,11-12H,1,10H2,2H3,(H,20,21)(H,22,23)/b12-11+,13-6-,16-4+. The number of hydrogen-bond acceptors (Lipinski definition) is 2. The lowest BCUT2D eigenvalue weighted by molar-refractivity contribution is -0.132. The van der Waals surface area contributed by atoms with Gasteiger partial charge in [0.1, 0.15) is 5.83 Å². The number of aliphatic carboxylic acids is 1. The van der Waals surface area contributed by atoms with Gasteiger partial charge in [0.2, 0.25) is 0 Å². The fourth-order valence-corrected chi connectivity index (χ4v) is 1.75. The Morgan fingerprint density at radius 3 is 2.78 bits per heavy atom. The number of carboxylic acids is 1. The summed E-state index contributed by atoms with van der Waals surface area (Å²) in [5, 5.41) is 11.4. The van der Waals surface area contributed by atoms with E-state index in [0.717, 1.165) is 0 Å². The summed E-state index contributed by atoms with van der Waals surface area (Å²) in [5.41, 5.74) is 0.817. The molecule has 1 rings (SSSR count). The van der Waals surface area contributed by atoms with Gasteiger partial charge in [-0.25, -0.2) is 9.18 Å². The fourth-order valence-electron chi connectivity index (χ4n) is 1.75. The first-order chi connectivity index (χ1) is 11.0. The van der Waals surface area contributed by atoms with Crippen molar-refractivity contribution in [2.75, 3.05) is 0 Å². The molecule has 0 aromatic heterocycles. The van der Waals surface area contributed by atoms with E-state index >= 15 is 0 Å². The lowest BCUT2D eigenvalue weighted by atomic mass is 10.1. The van der Waals surface area contributed by atoms with Crippen LogP contribution in [-0.2, 0) is 9.59 Å². The van der Waals surface area contributed by atoms with Gasteiger partial charge in [0, 0.05) is 22.9 Å². The summed E-state index contributed by atoms with van der Waals surface area (Å²) < 4.78 is 13.5. The van der Waals surface area contributed by atoms with Crippen molar-refractivity contribution >= 4 is 11.9 Å². The van der Waals surface area contributed by atoms with Crippen LogP contribution < -0.4 is 5.32 Å². The molecular weight excluding hydrogens is 297 g/mol. The lowest BCUT2D eigenvalue weighted by Crippen LogP contribution is -2.18. The Balaban J connectivity index is 2.74. The van der Waals surface area contributed by atoms with Crippen LogP contribution in [0, 0.1) is 0 Å². The van der Waals surface area contributed by atoms with Gasteiger partial charge in [-0.2, -0.15) is 0 Å². The quantitative estimate of drug-likeness (QED) is 0.737. The van der Waals surface area contributed by atoms with Crippen molar-refractivity contribution in [1.29, 1.82) is 0 Å². The Bertz CT molecular complexity index is 676. The van der Waals surface area contributed by atoms with Gasteiger partial charge in [0.25, 0.3) is 5.91 Å². The molecule has 1 amide bonds. The Labute approximate surface area is 134 Å². The molecule has 0 unspecified atom stereocenters. The number of amides is 1.